The van der Waals surface area contributed by atoms with E-state index in [0.29, 0.717) is 23.0 Å². The van der Waals surface area contributed by atoms with Crippen LogP contribution in [0.1, 0.15) is 22.2 Å². The molecule has 130 valence electrons. The highest BCUT2D eigenvalue weighted by molar-refractivity contribution is 7.18. The molecule has 0 aliphatic heterocycles. The summed E-state index contributed by atoms with van der Waals surface area (Å²) in [7, 11) is 2.96. The lowest BCUT2D eigenvalue weighted by Crippen LogP contribution is -2.05. The third kappa shape index (κ3) is 3.20. The van der Waals surface area contributed by atoms with Gasteiger partial charge in [-0.05, 0) is 12.5 Å². The number of aromatic nitrogens is 2. The van der Waals surface area contributed by atoms with Gasteiger partial charge in [0.2, 0.25) is 0 Å². The molecule has 0 bridgehead atoms. The molecule has 0 saturated heterocycles. The Balaban J connectivity index is 2.11. The highest BCUT2D eigenvalue weighted by atomic mass is 32.1. The van der Waals surface area contributed by atoms with Crippen molar-refractivity contribution in [1.82, 2.24) is 9.97 Å². The molecule has 2 aromatic heterocycles. The second kappa shape index (κ2) is 6.94. The van der Waals surface area contributed by atoms with Crippen LogP contribution in [0, 0.1) is 0 Å². The van der Waals surface area contributed by atoms with E-state index in [0.717, 1.165) is 16.6 Å². The molecule has 0 amide bonds. The van der Waals surface area contributed by atoms with Gasteiger partial charge in [-0.25, -0.2) is 14.8 Å². The summed E-state index contributed by atoms with van der Waals surface area (Å²) in [5.41, 5.74) is 0.435. The van der Waals surface area contributed by atoms with Crippen molar-refractivity contribution >= 4 is 39.0 Å². The van der Waals surface area contributed by atoms with Gasteiger partial charge in [-0.2, -0.15) is 0 Å². The van der Waals surface area contributed by atoms with Crippen molar-refractivity contribution < 1.29 is 19.4 Å². The third-order valence-electron chi connectivity index (χ3n) is 3.74. The summed E-state index contributed by atoms with van der Waals surface area (Å²) >= 11 is 1.59. The van der Waals surface area contributed by atoms with Crippen molar-refractivity contribution in [3.63, 3.8) is 0 Å². The number of aromatic carboxylic acids is 1. The van der Waals surface area contributed by atoms with Gasteiger partial charge in [0, 0.05) is 17.0 Å². The van der Waals surface area contributed by atoms with Crippen LogP contribution in [0.3, 0.4) is 0 Å². The lowest BCUT2D eigenvalue weighted by Gasteiger charge is -2.14. The number of benzene rings is 1. The second-order valence-corrected chi connectivity index (χ2v) is 6.31. The number of carbonyl (C=O) groups is 1. The predicted octanol–water partition coefficient (Wildman–Crippen LogP) is 3.71. The van der Waals surface area contributed by atoms with Crippen LogP contribution in [0.5, 0.6) is 11.5 Å². The van der Waals surface area contributed by atoms with Gasteiger partial charge in [0.15, 0.2) is 11.5 Å². The number of hydrogen-bond acceptors (Lipinski definition) is 7. The van der Waals surface area contributed by atoms with Gasteiger partial charge in [0.1, 0.15) is 17.0 Å². The molecule has 3 rings (SSSR count). The fraction of sp³-hybridized carbons (Fsp3) is 0.235. The van der Waals surface area contributed by atoms with Crippen LogP contribution in [0.25, 0.3) is 10.2 Å². The summed E-state index contributed by atoms with van der Waals surface area (Å²) in [6.45, 7) is 2.07. The molecule has 0 unspecified atom stereocenters. The van der Waals surface area contributed by atoms with Crippen LogP contribution in [0.4, 0.5) is 11.5 Å². The first kappa shape index (κ1) is 17.0. The first-order valence-corrected chi connectivity index (χ1v) is 8.38. The first-order chi connectivity index (χ1) is 12.1. The van der Waals surface area contributed by atoms with Crippen molar-refractivity contribution in [3.05, 3.63) is 35.0 Å². The number of rotatable bonds is 6. The van der Waals surface area contributed by atoms with Crippen LogP contribution in [-0.2, 0) is 6.42 Å². The average molecular weight is 359 g/mol. The van der Waals surface area contributed by atoms with Gasteiger partial charge in [-0.1, -0.05) is 6.92 Å². The maximum absolute atomic E-state index is 11.6. The predicted molar refractivity (Wildman–Crippen MR) is 96.6 cm³/mol. The largest absolute Gasteiger partial charge is 0.493 e. The summed E-state index contributed by atoms with van der Waals surface area (Å²) in [5, 5.41) is 13.5. The molecule has 2 N–H and O–H groups in total. The molecule has 25 heavy (non-hydrogen) atoms. The maximum atomic E-state index is 11.6. The number of nitrogens with one attached hydrogen (secondary N) is 1. The second-order valence-electron chi connectivity index (χ2n) is 5.19. The van der Waals surface area contributed by atoms with Gasteiger partial charge in [-0.15, -0.1) is 11.3 Å². The van der Waals surface area contributed by atoms with E-state index in [2.05, 4.69) is 22.2 Å². The van der Waals surface area contributed by atoms with E-state index in [1.165, 1.54) is 31.5 Å². The molecule has 1 aromatic carbocycles. The zero-order valence-corrected chi connectivity index (χ0v) is 14.8. The number of ether oxygens (including phenoxy) is 2. The van der Waals surface area contributed by atoms with Gasteiger partial charge in [0.25, 0.3) is 0 Å². The van der Waals surface area contributed by atoms with Crippen molar-refractivity contribution in [2.24, 2.45) is 0 Å². The minimum absolute atomic E-state index is 0.0651. The summed E-state index contributed by atoms with van der Waals surface area (Å²) in [5.74, 6) is 0.256. The molecule has 8 heteroatoms. The SMILES string of the molecule is CCc1cc2c(Nc3cc(OC)c(OC)cc3C(=O)O)ncnc2s1. The molecular formula is C17H17N3O4S. The van der Waals surface area contributed by atoms with Crippen molar-refractivity contribution in [2.75, 3.05) is 19.5 Å². The number of aryl methyl sites for hydroxylation is 1. The Bertz CT molecular complexity index is 939. The lowest BCUT2D eigenvalue weighted by atomic mass is 10.1. The first-order valence-electron chi connectivity index (χ1n) is 7.57. The molecule has 0 atom stereocenters. The van der Waals surface area contributed by atoms with Crippen molar-refractivity contribution in [2.45, 2.75) is 13.3 Å². The summed E-state index contributed by atoms with van der Waals surface area (Å²) in [6.07, 6.45) is 2.36. The van der Waals surface area contributed by atoms with Crippen LogP contribution < -0.4 is 14.8 Å². The van der Waals surface area contributed by atoms with E-state index in [1.54, 1.807) is 17.4 Å². The number of anilines is 2. The van der Waals surface area contributed by atoms with Crippen molar-refractivity contribution in [1.29, 1.82) is 0 Å². The van der Waals surface area contributed by atoms with Crippen LogP contribution >= 0.6 is 11.3 Å². The van der Waals surface area contributed by atoms with Crippen LogP contribution in [0.2, 0.25) is 0 Å². The van der Waals surface area contributed by atoms with Crippen molar-refractivity contribution in [3.8, 4) is 11.5 Å². The summed E-state index contributed by atoms with van der Waals surface area (Å²) in [4.78, 5) is 22.2. The smallest absolute Gasteiger partial charge is 0.337 e. The minimum atomic E-state index is -1.08. The lowest BCUT2D eigenvalue weighted by molar-refractivity contribution is 0.0697. The number of nitrogens with zero attached hydrogens (tertiary/aromatic N) is 2. The number of methoxy groups -OCH3 is 2. The monoisotopic (exact) mass is 359 g/mol. The molecule has 0 aliphatic rings. The molecule has 0 spiro atoms. The fourth-order valence-corrected chi connectivity index (χ4v) is 3.40. The third-order valence-corrected chi connectivity index (χ3v) is 4.92. The summed E-state index contributed by atoms with van der Waals surface area (Å²) < 4.78 is 10.4. The Labute approximate surface area is 148 Å². The Morgan fingerprint density at radius 3 is 2.56 bits per heavy atom. The normalized spacial score (nSPS) is 10.7. The van der Waals surface area contributed by atoms with E-state index in [-0.39, 0.29) is 5.56 Å². The minimum Gasteiger partial charge on any atom is -0.493 e. The molecule has 0 aliphatic carbocycles. The molecular weight excluding hydrogens is 342 g/mol. The van der Waals surface area contributed by atoms with Gasteiger partial charge >= 0.3 is 5.97 Å². The van der Waals surface area contributed by atoms with E-state index >= 15 is 0 Å². The number of fused-ring (bicyclic) bond motifs is 1. The van der Waals surface area contributed by atoms with E-state index in [1.807, 2.05) is 6.07 Å². The molecule has 2 heterocycles. The Kier molecular flexibility index (Phi) is 4.71. The zero-order chi connectivity index (χ0) is 18.0. The topological polar surface area (TPSA) is 93.6 Å². The van der Waals surface area contributed by atoms with E-state index < -0.39 is 5.97 Å². The molecule has 7 nitrogen and oxygen atoms in total. The zero-order valence-electron chi connectivity index (χ0n) is 14.0. The Hall–Kier alpha value is -2.87. The number of thiophene rings is 1. The highest BCUT2D eigenvalue weighted by Crippen LogP contribution is 2.36. The van der Waals surface area contributed by atoms with E-state index in [9.17, 15) is 9.90 Å². The van der Waals surface area contributed by atoms with Gasteiger partial charge in [-0.3, -0.25) is 0 Å². The molecule has 0 radical (unpaired) electrons. The molecule has 0 fully saturated rings. The average Bonchev–Trinajstić information content (AvgIpc) is 3.05. The Morgan fingerprint density at radius 2 is 1.92 bits per heavy atom. The standard InChI is InChI=1S/C17H17N3O4S/c1-4-9-5-11-15(18-8-19-16(11)25-9)20-12-7-14(24-3)13(23-2)6-10(12)17(21)22/h5-8H,4H2,1-3H3,(H,21,22)(H,18,19,20). The number of carboxylic acid groups (broad SMARTS) is 1. The highest BCUT2D eigenvalue weighted by Gasteiger charge is 2.18. The maximum Gasteiger partial charge on any atom is 0.337 e. The summed E-state index contributed by atoms with van der Waals surface area (Å²) in [6, 6.07) is 5.03. The van der Waals surface area contributed by atoms with Crippen LogP contribution in [0.15, 0.2) is 24.5 Å². The van der Waals surface area contributed by atoms with Gasteiger partial charge < -0.3 is 19.9 Å². The molecule has 0 saturated carbocycles. The van der Waals surface area contributed by atoms with Gasteiger partial charge in [0.05, 0.1) is 30.9 Å². The number of carboxylic acids is 1. The Morgan fingerprint density at radius 1 is 1.20 bits per heavy atom. The van der Waals surface area contributed by atoms with E-state index in [4.69, 9.17) is 9.47 Å². The van der Waals surface area contributed by atoms with Crippen LogP contribution in [-0.4, -0.2) is 35.3 Å². The number of hydrogen-bond donors (Lipinski definition) is 2. The molecule has 3 aromatic rings. The quantitative estimate of drug-likeness (QED) is 0.693. The fourth-order valence-electron chi connectivity index (χ4n) is 2.47.